The zero-order valence-electron chi connectivity index (χ0n) is 7.18. The normalized spacial score (nSPS) is 30.0. The topological polar surface area (TPSA) is 40.1 Å². The molecule has 0 saturated carbocycles. The van der Waals surface area contributed by atoms with Gasteiger partial charge in [-0.2, -0.15) is 0 Å². The largest absolute Gasteiger partial charge is 0.849 e. The average Bonchev–Trinajstić information content (AvgIpc) is 1.81. The second kappa shape index (κ2) is 2.45. The zero-order chi connectivity index (χ0) is 8.65. The maximum absolute atomic E-state index is 11.4. The van der Waals surface area contributed by atoms with E-state index >= 15 is 0 Å². The summed E-state index contributed by atoms with van der Waals surface area (Å²) in [5, 5.41) is 11.1. The molecule has 1 aliphatic rings. The maximum atomic E-state index is 11.4. The molecule has 2 nitrogen and oxygen atoms in total. The highest BCUT2D eigenvalue weighted by atomic mass is 16.3. The van der Waals surface area contributed by atoms with E-state index in [1.807, 2.05) is 13.8 Å². The first kappa shape index (κ1) is 8.47. The molecule has 0 aromatic heterocycles. The molecule has 0 aromatic carbocycles. The van der Waals surface area contributed by atoms with Crippen molar-refractivity contribution < 1.29 is 9.90 Å². The molecule has 0 amide bonds. The number of hydrogen-bond acceptors (Lipinski definition) is 2. The standard InChI is InChI=1S/C9H13O2/c1-6-4-7(10)5-9(2,3)8(6)11/h4,7H,5H2,1-3H3/q-1/t7-/m1/s1. The Bertz CT molecular complexity index is 214. The Morgan fingerprint density at radius 1 is 1.64 bits per heavy atom. The number of carbonyl (C=O) groups excluding carboxylic acids is 1. The van der Waals surface area contributed by atoms with Gasteiger partial charge in [-0.15, -0.1) is 6.10 Å². The molecule has 0 aliphatic heterocycles. The van der Waals surface area contributed by atoms with Crippen molar-refractivity contribution in [3.8, 4) is 0 Å². The van der Waals surface area contributed by atoms with Crippen molar-refractivity contribution in [1.82, 2.24) is 0 Å². The molecule has 11 heavy (non-hydrogen) atoms. The van der Waals surface area contributed by atoms with E-state index in [1.54, 1.807) is 6.92 Å². The molecule has 0 saturated heterocycles. The summed E-state index contributed by atoms with van der Waals surface area (Å²) in [6.07, 6.45) is 1.26. The highest BCUT2D eigenvalue weighted by Gasteiger charge is 2.31. The first-order chi connectivity index (χ1) is 4.93. The van der Waals surface area contributed by atoms with Crippen LogP contribution in [0.15, 0.2) is 11.6 Å². The predicted molar refractivity (Wildman–Crippen MR) is 41.0 cm³/mol. The number of carbonyl (C=O) groups is 1. The summed E-state index contributed by atoms with van der Waals surface area (Å²) in [7, 11) is 0. The van der Waals surface area contributed by atoms with Crippen LogP contribution in [0.2, 0.25) is 0 Å². The van der Waals surface area contributed by atoms with Gasteiger partial charge in [-0.05, 0) is 18.9 Å². The van der Waals surface area contributed by atoms with Crippen LogP contribution in [0.1, 0.15) is 27.2 Å². The molecule has 0 spiro atoms. The molecule has 0 fully saturated rings. The molecule has 0 aromatic rings. The Balaban J connectivity index is 2.96. The third-order valence-electron chi connectivity index (χ3n) is 2.12. The van der Waals surface area contributed by atoms with E-state index in [2.05, 4.69) is 0 Å². The third-order valence-corrected chi connectivity index (χ3v) is 2.12. The summed E-state index contributed by atoms with van der Waals surface area (Å²) in [5.74, 6) is 0.115. The smallest absolute Gasteiger partial charge is 0.163 e. The average molecular weight is 153 g/mol. The van der Waals surface area contributed by atoms with E-state index in [1.165, 1.54) is 6.08 Å². The minimum absolute atomic E-state index is 0.115. The number of ketones is 1. The molecule has 0 heterocycles. The fraction of sp³-hybridized carbons (Fsp3) is 0.667. The van der Waals surface area contributed by atoms with Crippen LogP contribution in [-0.4, -0.2) is 11.9 Å². The van der Waals surface area contributed by atoms with Gasteiger partial charge in [-0.25, -0.2) is 0 Å². The lowest BCUT2D eigenvalue weighted by molar-refractivity contribution is -0.408. The van der Waals surface area contributed by atoms with Crippen LogP contribution in [0.4, 0.5) is 0 Å². The summed E-state index contributed by atoms with van der Waals surface area (Å²) >= 11 is 0. The van der Waals surface area contributed by atoms with Gasteiger partial charge in [0.1, 0.15) is 0 Å². The van der Waals surface area contributed by atoms with Crippen LogP contribution in [0, 0.1) is 5.41 Å². The molecular weight excluding hydrogens is 140 g/mol. The van der Waals surface area contributed by atoms with Crippen LogP contribution in [0.25, 0.3) is 0 Å². The molecule has 1 rings (SSSR count). The number of Topliss-reactive ketones (excluding diaryl/α,β-unsaturated/α-hetero) is 1. The van der Waals surface area contributed by atoms with Gasteiger partial charge in [-0.1, -0.05) is 19.9 Å². The number of allylic oxidation sites excluding steroid dienone is 1. The van der Waals surface area contributed by atoms with Gasteiger partial charge in [0, 0.05) is 5.41 Å². The molecular formula is C9H13O2-. The van der Waals surface area contributed by atoms with Crippen LogP contribution in [0.5, 0.6) is 0 Å². The summed E-state index contributed by atoms with van der Waals surface area (Å²) < 4.78 is 0. The number of hydrogen-bond donors (Lipinski definition) is 0. The third kappa shape index (κ3) is 1.51. The molecule has 0 N–H and O–H groups in total. The van der Waals surface area contributed by atoms with Crippen molar-refractivity contribution in [2.24, 2.45) is 5.41 Å². The SMILES string of the molecule is CC1=C[C@@H]([O-])CC(C)(C)C1=O. The monoisotopic (exact) mass is 153 g/mol. The minimum Gasteiger partial charge on any atom is -0.849 e. The van der Waals surface area contributed by atoms with Crippen LogP contribution < -0.4 is 5.11 Å². The lowest BCUT2D eigenvalue weighted by Gasteiger charge is -2.35. The van der Waals surface area contributed by atoms with Crippen molar-refractivity contribution in [1.29, 1.82) is 0 Å². The van der Waals surface area contributed by atoms with Gasteiger partial charge in [0.25, 0.3) is 0 Å². The van der Waals surface area contributed by atoms with E-state index in [9.17, 15) is 9.90 Å². The van der Waals surface area contributed by atoms with Crippen LogP contribution >= 0.6 is 0 Å². The predicted octanol–water partition coefficient (Wildman–Crippen LogP) is 0.661. The Morgan fingerprint density at radius 2 is 2.18 bits per heavy atom. The van der Waals surface area contributed by atoms with Crippen molar-refractivity contribution in [3.05, 3.63) is 11.6 Å². The van der Waals surface area contributed by atoms with Crippen LogP contribution in [-0.2, 0) is 4.79 Å². The first-order valence-corrected chi connectivity index (χ1v) is 3.82. The van der Waals surface area contributed by atoms with Crippen LogP contribution in [0.3, 0.4) is 0 Å². The second-order valence-corrected chi connectivity index (χ2v) is 3.81. The van der Waals surface area contributed by atoms with Gasteiger partial charge < -0.3 is 5.11 Å². The van der Waals surface area contributed by atoms with E-state index in [0.717, 1.165) is 0 Å². The highest BCUT2D eigenvalue weighted by molar-refractivity contribution is 5.99. The first-order valence-electron chi connectivity index (χ1n) is 3.82. The second-order valence-electron chi connectivity index (χ2n) is 3.81. The fourth-order valence-electron chi connectivity index (χ4n) is 1.54. The maximum Gasteiger partial charge on any atom is 0.163 e. The van der Waals surface area contributed by atoms with Crippen molar-refractivity contribution in [2.75, 3.05) is 0 Å². The Morgan fingerprint density at radius 3 is 2.64 bits per heavy atom. The van der Waals surface area contributed by atoms with E-state index in [0.29, 0.717) is 12.0 Å². The Labute approximate surface area is 66.9 Å². The highest BCUT2D eigenvalue weighted by Crippen LogP contribution is 2.30. The van der Waals surface area contributed by atoms with Crippen molar-refractivity contribution in [2.45, 2.75) is 33.3 Å². The molecule has 62 valence electrons. The van der Waals surface area contributed by atoms with E-state index in [-0.39, 0.29) is 5.78 Å². The quantitative estimate of drug-likeness (QED) is 0.513. The summed E-state index contributed by atoms with van der Waals surface area (Å²) in [5.41, 5.74) is 0.187. The van der Waals surface area contributed by atoms with Gasteiger partial charge in [0.2, 0.25) is 0 Å². The van der Waals surface area contributed by atoms with E-state index < -0.39 is 11.5 Å². The van der Waals surface area contributed by atoms with Crippen molar-refractivity contribution >= 4 is 5.78 Å². The minimum atomic E-state index is -0.692. The summed E-state index contributed by atoms with van der Waals surface area (Å²) in [6.45, 7) is 5.38. The fourth-order valence-corrected chi connectivity index (χ4v) is 1.54. The van der Waals surface area contributed by atoms with E-state index in [4.69, 9.17) is 0 Å². The molecule has 0 radical (unpaired) electrons. The van der Waals surface area contributed by atoms with Gasteiger partial charge in [0.05, 0.1) is 0 Å². The molecule has 0 unspecified atom stereocenters. The Kier molecular flexibility index (Phi) is 1.89. The van der Waals surface area contributed by atoms with Crippen molar-refractivity contribution in [3.63, 3.8) is 0 Å². The molecule has 1 aliphatic carbocycles. The van der Waals surface area contributed by atoms with Gasteiger partial charge in [0.15, 0.2) is 5.78 Å². The van der Waals surface area contributed by atoms with Gasteiger partial charge in [-0.3, -0.25) is 4.79 Å². The number of rotatable bonds is 0. The van der Waals surface area contributed by atoms with Gasteiger partial charge >= 0.3 is 0 Å². The Hall–Kier alpha value is -0.630. The summed E-state index contributed by atoms with van der Waals surface area (Å²) in [6, 6.07) is 0. The lowest BCUT2D eigenvalue weighted by atomic mass is 9.75. The zero-order valence-corrected chi connectivity index (χ0v) is 7.18. The molecule has 0 bridgehead atoms. The molecule has 2 heteroatoms. The summed E-state index contributed by atoms with van der Waals surface area (Å²) in [4.78, 5) is 11.4. The molecule has 1 atom stereocenters. The lowest BCUT2D eigenvalue weighted by Crippen LogP contribution is -2.39.